The highest BCUT2D eigenvalue weighted by molar-refractivity contribution is 5.78. The number of hydrogen-bond donors (Lipinski definition) is 1. The van der Waals surface area contributed by atoms with Gasteiger partial charge in [0.15, 0.2) is 5.65 Å². The van der Waals surface area contributed by atoms with Gasteiger partial charge in [-0.3, -0.25) is 24.6 Å². The van der Waals surface area contributed by atoms with E-state index in [0.29, 0.717) is 30.7 Å². The number of likely N-dealkylation sites (tertiary alicyclic amines) is 1. The van der Waals surface area contributed by atoms with Crippen LogP contribution in [0.5, 0.6) is 0 Å². The van der Waals surface area contributed by atoms with E-state index in [1.807, 2.05) is 32.2 Å². The molecule has 3 aromatic heterocycles. The summed E-state index contributed by atoms with van der Waals surface area (Å²) in [7, 11) is 0. The van der Waals surface area contributed by atoms with E-state index in [1.54, 1.807) is 9.42 Å². The normalized spacial score (nSPS) is 19.3. The van der Waals surface area contributed by atoms with Gasteiger partial charge in [-0.2, -0.15) is 0 Å². The molecule has 0 bridgehead atoms. The summed E-state index contributed by atoms with van der Waals surface area (Å²) in [5, 5.41) is 3.36. The molecule has 0 saturated carbocycles. The van der Waals surface area contributed by atoms with Crippen molar-refractivity contribution in [3.8, 4) is 0 Å². The molecule has 1 saturated heterocycles. The smallest absolute Gasteiger partial charge is 0.277 e. The van der Waals surface area contributed by atoms with Gasteiger partial charge < -0.3 is 4.90 Å². The van der Waals surface area contributed by atoms with Crippen LogP contribution in [0.3, 0.4) is 0 Å². The Morgan fingerprint density at radius 2 is 2.12 bits per heavy atom. The summed E-state index contributed by atoms with van der Waals surface area (Å²) in [6.07, 6.45) is 5.82. The highest BCUT2D eigenvalue weighted by Crippen LogP contribution is 2.32. The molecule has 2 aliphatic heterocycles. The molecule has 1 N–H and O–H groups in total. The van der Waals surface area contributed by atoms with Crippen LogP contribution in [0.2, 0.25) is 0 Å². The van der Waals surface area contributed by atoms with Crippen molar-refractivity contribution < 1.29 is 4.79 Å². The average Bonchev–Trinajstić information content (AvgIpc) is 3.24. The molecular weight excluding hydrogens is 416 g/mol. The molecule has 8 heteroatoms. The molecule has 174 valence electrons. The maximum absolute atomic E-state index is 13.4. The molecule has 0 radical (unpaired) electrons. The van der Waals surface area contributed by atoms with E-state index in [1.165, 1.54) is 5.56 Å². The van der Waals surface area contributed by atoms with Crippen molar-refractivity contribution in [2.75, 3.05) is 13.1 Å². The summed E-state index contributed by atoms with van der Waals surface area (Å²) in [6.45, 7) is 8.63. The molecule has 0 aliphatic carbocycles. The third-order valence-corrected chi connectivity index (χ3v) is 7.03. The molecule has 1 fully saturated rings. The lowest BCUT2D eigenvalue weighted by Gasteiger charge is -2.35. The zero-order chi connectivity index (χ0) is 23.1. The second-order valence-electron chi connectivity index (χ2n) is 9.66. The molecule has 0 aromatic carbocycles. The van der Waals surface area contributed by atoms with Crippen LogP contribution >= 0.6 is 0 Å². The number of amides is 1. The number of aryl methyl sites for hydroxylation is 1. The minimum Gasteiger partial charge on any atom is -0.337 e. The fourth-order valence-corrected chi connectivity index (χ4v) is 5.13. The number of nitrogens with zero attached hydrogens (tertiary/aromatic N) is 5. The molecule has 1 atom stereocenters. The number of aromatic nitrogens is 4. The Balaban J connectivity index is 1.47. The second kappa shape index (κ2) is 8.74. The lowest BCUT2D eigenvalue weighted by atomic mass is 9.98. The van der Waals surface area contributed by atoms with Crippen LogP contribution in [0.1, 0.15) is 67.4 Å². The second-order valence-corrected chi connectivity index (χ2v) is 9.66. The highest BCUT2D eigenvalue weighted by atomic mass is 16.2. The molecule has 2 aliphatic rings. The third kappa shape index (κ3) is 4.08. The minimum absolute atomic E-state index is 0.0805. The van der Waals surface area contributed by atoms with Gasteiger partial charge in [-0.15, -0.1) is 0 Å². The van der Waals surface area contributed by atoms with Gasteiger partial charge >= 0.3 is 0 Å². The van der Waals surface area contributed by atoms with E-state index >= 15 is 0 Å². The Bertz CT molecular complexity index is 1240. The van der Waals surface area contributed by atoms with Crippen molar-refractivity contribution >= 4 is 11.6 Å². The van der Waals surface area contributed by atoms with Gasteiger partial charge in [0.05, 0.1) is 35.2 Å². The molecule has 1 unspecified atom stereocenters. The molecule has 1 amide bonds. The number of H-pyrrole nitrogens is 1. The van der Waals surface area contributed by atoms with E-state index in [-0.39, 0.29) is 23.4 Å². The number of nitrogens with one attached hydrogen (secondary N) is 1. The first-order valence-electron chi connectivity index (χ1n) is 12.0. The molecule has 5 heterocycles. The van der Waals surface area contributed by atoms with Crippen molar-refractivity contribution in [1.29, 1.82) is 0 Å². The Morgan fingerprint density at radius 3 is 2.91 bits per heavy atom. The molecular formula is C25H32N6O2. The Kier molecular flexibility index (Phi) is 5.78. The average molecular weight is 449 g/mol. The number of carbonyl (C=O) groups excluding carboxylic acids is 1. The standard InChI is InChI=1S/C25H32N6O2/c1-16(2)24(32)30-12-9-19-18(14-30)25(33)31-23(27-19)13-20(28-31)22-8-4-5-11-29(22)15-21-17(3)7-6-10-26-21/h6-7,10,13,16,22,28H,4-5,8-9,11-12,14-15H2,1-3H3. The first kappa shape index (κ1) is 21.8. The number of aromatic amines is 1. The summed E-state index contributed by atoms with van der Waals surface area (Å²) >= 11 is 0. The highest BCUT2D eigenvalue weighted by Gasteiger charge is 2.29. The topological polar surface area (TPSA) is 86.6 Å². The number of carbonyl (C=O) groups is 1. The maximum atomic E-state index is 13.4. The summed E-state index contributed by atoms with van der Waals surface area (Å²) < 4.78 is 1.57. The van der Waals surface area contributed by atoms with Crippen molar-refractivity contribution in [2.45, 2.75) is 65.6 Å². The zero-order valence-corrected chi connectivity index (χ0v) is 19.7. The summed E-state index contributed by atoms with van der Waals surface area (Å²) in [5.74, 6) is 0.00287. The first-order chi connectivity index (χ1) is 15.9. The number of pyridine rings is 1. The van der Waals surface area contributed by atoms with Crippen LogP contribution < -0.4 is 5.56 Å². The van der Waals surface area contributed by atoms with E-state index < -0.39 is 0 Å². The van der Waals surface area contributed by atoms with Gasteiger partial charge in [0, 0.05) is 37.7 Å². The first-order valence-corrected chi connectivity index (χ1v) is 12.0. The van der Waals surface area contributed by atoms with Crippen molar-refractivity contribution in [3.05, 3.63) is 63.0 Å². The van der Waals surface area contributed by atoms with Crippen LogP contribution in [-0.2, 0) is 24.3 Å². The number of hydrogen-bond acceptors (Lipinski definition) is 5. The summed E-state index contributed by atoms with van der Waals surface area (Å²) in [6, 6.07) is 6.30. The molecule has 8 nitrogen and oxygen atoms in total. The fraction of sp³-hybridized carbons (Fsp3) is 0.520. The van der Waals surface area contributed by atoms with E-state index in [2.05, 4.69) is 28.0 Å². The lowest BCUT2D eigenvalue weighted by molar-refractivity contribution is -0.135. The largest absolute Gasteiger partial charge is 0.337 e. The molecule has 0 spiro atoms. The molecule has 5 rings (SSSR count). The Morgan fingerprint density at radius 1 is 1.27 bits per heavy atom. The Labute approximate surface area is 193 Å². The van der Waals surface area contributed by atoms with Crippen LogP contribution in [0.4, 0.5) is 0 Å². The SMILES string of the molecule is Cc1cccnc1CN1CCCCC1c1cc2nc3c(c(=O)n2[nH]1)CN(C(=O)C(C)C)CC3. The number of rotatable bonds is 4. The zero-order valence-electron chi connectivity index (χ0n) is 19.7. The number of fused-ring (bicyclic) bond motifs is 2. The quantitative estimate of drug-likeness (QED) is 0.663. The van der Waals surface area contributed by atoms with E-state index in [4.69, 9.17) is 4.98 Å². The summed E-state index contributed by atoms with van der Waals surface area (Å²) in [5.41, 5.74) is 5.34. The van der Waals surface area contributed by atoms with Crippen LogP contribution in [-0.4, -0.2) is 48.4 Å². The van der Waals surface area contributed by atoms with Crippen molar-refractivity contribution in [1.82, 2.24) is 29.4 Å². The van der Waals surface area contributed by atoms with Crippen LogP contribution in [0, 0.1) is 12.8 Å². The fourth-order valence-electron chi connectivity index (χ4n) is 5.13. The summed E-state index contributed by atoms with van der Waals surface area (Å²) in [4.78, 5) is 39.5. The van der Waals surface area contributed by atoms with Gasteiger partial charge in [0.25, 0.3) is 5.56 Å². The van der Waals surface area contributed by atoms with Crippen LogP contribution in [0.15, 0.2) is 29.2 Å². The van der Waals surface area contributed by atoms with Crippen molar-refractivity contribution in [2.24, 2.45) is 5.92 Å². The minimum atomic E-state index is -0.0922. The van der Waals surface area contributed by atoms with E-state index in [9.17, 15) is 9.59 Å². The Hall–Kier alpha value is -3.00. The number of piperidine rings is 1. The molecule has 3 aromatic rings. The third-order valence-electron chi connectivity index (χ3n) is 7.03. The molecule has 33 heavy (non-hydrogen) atoms. The van der Waals surface area contributed by atoms with Gasteiger partial charge in [0.1, 0.15) is 0 Å². The van der Waals surface area contributed by atoms with Gasteiger partial charge in [0.2, 0.25) is 5.91 Å². The van der Waals surface area contributed by atoms with Gasteiger partial charge in [-0.25, -0.2) is 9.50 Å². The van der Waals surface area contributed by atoms with E-state index in [0.717, 1.165) is 49.4 Å². The maximum Gasteiger partial charge on any atom is 0.277 e. The van der Waals surface area contributed by atoms with Crippen LogP contribution in [0.25, 0.3) is 5.65 Å². The van der Waals surface area contributed by atoms with Gasteiger partial charge in [-0.05, 0) is 37.9 Å². The monoisotopic (exact) mass is 448 g/mol. The predicted octanol–water partition coefficient (Wildman–Crippen LogP) is 2.99. The lowest BCUT2D eigenvalue weighted by Crippen LogP contribution is -2.41. The van der Waals surface area contributed by atoms with Gasteiger partial charge in [-0.1, -0.05) is 26.3 Å². The van der Waals surface area contributed by atoms with Crippen molar-refractivity contribution in [3.63, 3.8) is 0 Å². The predicted molar refractivity (Wildman–Crippen MR) is 126 cm³/mol.